The van der Waals surface area contributed by atoms with Crippen LogP contribution >= 0.6 is 11.6 Å². The van der Waals surface area contributed by atoms with Crippen LogP contribution in [0.4, 0.5) is 0 Å². The van der Waals surface area contributed by atoms with Gasteiger partial charge in [-0.3, -0.25) is 0 Å². The fourth-order valence-electron chi connectivity index (χ4n) is 3.54. The molecule has 27 heavy (non-hydrogen) atoms. The summed E-state index contributed by atoms with van der Waals surface area (Å²) in [6.07, 6.45) is 14.3. The van der Waals surface area contributed by atoms with Crippen LogP contribution in [0.25, 0.3) is 0 Å². The first-order valence-corrected chi connectivity index (χ1v) is 10.4. The highest BCUT2D eigenvalue weighted by Gasteiger charge is 2.39. The molecule has 1 aliphatic carbocycles. The summed E-state index contributed by atoms with van der Waals surface area (Å²) in [6.45, 7) is 6.28. The van der Waals surface area contributed by atoms with Gasteiger partial charge in [-0.05, 0) is 37.0 Å². The maximum atomic E-state index is 10.5. The number of carboxylic acids is 1. The smallest absolute Gasteiger partial charge is 0.327 e. The second-order valence-electron chi connectivity index (χ2n) is 8.17. The van der Waals surface area contributed by atoms with Crippen molar-refractivity contribution in [3.8, 4) is 0 Å². The molecule has 0 aromatic heterocycles. The van der Waals surface area contributed by atoms with E-state index in [1.165, 1.54) is 0 Å². The van der Waals surface area contributed by atoms with Crippen molar-refractivity contribution in [2.75, 3.05) is 0 Å². The standard InChI is InChI=1S/C22H35ClO4/c1-4-5-14-22(2,3)20(25)13-12-17-16(18(23)15-19(17)24)10-8-6-7-9-11-21(26)27/h6,8-9,11-13,16-20,24-25H,4-5,7,10,14-15H2,1-3H3,(H,26,27)/t16-,17-,18-,19-,20-/m1/s1. The van der Waals surface area contributed by atoms with Gasteiger partial charge in [-0.15, -0.1) is 11.6 Å². The normalized spacial score (nSPS) is 27.9. The third-order valence-corrected chi connectivity index (χ3v) is 5.97. The topological polar surface area (TPSA) is 77.8 Å². The van der Waals surface area contributed by atoms with Crippen molar-refractivity contribution in [3.05, 3.63) is 36.5 Å². The summed E-state index contributed by atoms with van der Waals surface area (Å²) in [5.41, 5.74) is -0.192. The van der Waals surface area contributed by atoms with E-state index in [0.717, 1.165) is 31.8 Å². The monoisotopic (exact) mass is 398 g/mol. The highest BCUT2D eigenvalue weighted by molar-refractivity contribution is 6.21. The number of alkyl halides is 1. The second-order valence-corrected chi connectivity index (χ2v) is 8.73. The number of carbonyl (C=O) groups is 1. The molecule has 1 rings (SSSR count). The Morgan fingerprint density at radius 2 is 2.00 bits per heavy atom. The molecule has 0 aromatic carbocycles. The average Bonchev–Trinajstić information content (AvgIpc) is 2.86. The zero-order chi connectivity index (χ0) is 20.4. The van der Waals surface area contributed by atoms with Crippen LogP contribution in [-0.2, 0) is 4.79 Å². The van der Waals surface area contributed by atoms with Gasteiger partial charge in [0.1, 0.15) is 0 Å². The first-order valence-electron chi connectivity index (χ1n) is 9.92. The van der Waals surface area contributed by atoms with Crippen LogP contribution in [0.3, 0.4) is 0 Å². The van der Waals surface area contributed by atoms with E-state index in [9.17, 15) is 15.0 Å². The number of hydrogen-bond acceptors (Lipinski definition) is 3. The van der Waals surface area contributed by atoms with Gasteiger partial charge in [-0.2, -0.15) is 0 Å². The summed E-state index contributed by atoms with van der Waals surface area (Å²) >= 11 is 6.44. The maximum Gasteiger partial charge on any atom is 0.327 e. The van der Waals surface area contributed by atoms with Crippen LogP contribution in [-0.4, -0.2) is 38.9 Å². The fourth-order valence-corrected chi connectivity index (χ4v) is 3.99. The summed E-state index contributed by atoms with van der Waals surface area (Å²) in [4.78, 5) is 10.4. The van der Waals surface area contributed by atoms with Crippen molar-refractivity contribution in [1.82, 2.24) is 0 Å². The molecular weight excluding hydrogens is 364 g/mol. The Bertz CT molecular complexity index is 538. The lowest BCUT2D eigenvalue weighted by Gasteiger charge is -2.29. The molecule has 0 unspecified atom stereocenters. The average molecular weight is 399 g/mol. The molecule has 1 aliphatic rings. The summed E-state index contributed by atoms with van der Waals surface area (Å²) in [7, 11) is 0. The predicted octanol–water partition coefficient (Wildman–Crippen LogP) is 4.70. The van der Waals surface area contributed by atoms with E-state index in [1.54, 1.807) is 6.08 Å². The Balaban J connectivity index is 2.67. The number of rotatable bonds is 11. The van der Waals surface area contributed by atoms with Crippen LogP contribution in [0.5, 0.6) is 0 Å². The number of hydrogen-bond donors (Lipinski definition) is 3. The minimum Gasteiger partial charge on any atom is -0.478 e. The van der Waals surface area contributed by atoms with Gasteiger partial charge in [0.25, 0.3) is 0 Å². The van der Waals surface area contributed by atoms with Crippen molar-refractivity contribution < 1.29 is 20.1 Å². The third-order valence-electron chi connectivity index (χ3n) is 5.47. The molecule has 0 amide bonds. The SMILES string of the molecule is CCCCC(C)(C)[C@H](O)C=C[C@@H]1[C@@H](CC=CCC=CC(=O)O)[C@H](Cl)C[C@H]1O. The first kappa shape index (κ1) is 23.9. The van der Waals surface area contributed by atoms with E-state index in [2.05, 4.69) is 20.8 Å². The number of unbranched alkanes of at least 4 members (excludes halogenated alkanes) is 1. The summed E-state index contributed by atoms with van der Waals surface area (Å²) in [5.74, 6) is -0.930. The van der Waals surface area contributed by atoms with E-state index >= 15 is 0 Å². The quantitative estimate of drug-likeness (QED) is 0.268. The van der Waals surface area contributed by atoms with Crippen molar-refractivity contribution >= 4 is 17.6 Å². The number of aliphatic hydroxyl groups is 2. The van der Waals surface area contributed by atoms with Crippen molar-refractivity contribution in [3.63, 3.8) is 0 Å². The zero-order valence-corrected chi connectivity index (χ0v) is 17.5. The van der Waals surface area contributed by atoms with Crippen LogP contribution in [0.15, 0.2) is 36.5 Å². The molecule has 1 saturated carbocycles. The van der Waals surface area contributed by atoms with Crippen molar-refractivity contribution in [2.24, 2.45) is 17.3 Å². The lowest BCUT2D eigenvalue weighted by molar-refractivity contribution is -0.131. The largest absolute Gasteiger partial charge is 0.478 e. The van der Waals surface area contributed by atoms with E-state index in [4.69, 9.17) is 16.7 Å². The van der Waals surface area contributed by atoms with E-state index < -0.39 is 18.2 Å². The lowest BCUT2D eigenvalue weighted by atomic mass is 9.80. The summed E-state index contributed by atoms with van der Waals surface area (Å²) in [5, 5.41) is 29.4. The lowest BCUT2D eigenvalue weighted by Crippen LogP contribution is -2.28. The minimum atomic E-state index is -0.950. The molecule has 1 fully saturated rings. The first-order chi connectivity index (χ1) is 12.7. The molecule has 0 radical (unpaired) electrons. The van der Waals surface area contributed by atoms with Gasteiger partial charge in [-0.1, -0.05) is 64.0 Å². The van der Waals surface area contributed by atoms with Gasteiger partial charge < -0.3 is 15.3 Å². The Morgan fingerprint density at radius 3 is 2.63 bits per heavy atom. The number of aliphatic carboxylic acids is 1. The van der Waals surface area contributed by atoms with Gasteiger partial charge in [0.2, 0.25) is 0 Å². The fraction of sp³-hybridized carbons (Fsp3) is 0.682. The molecule has 0 aliphatic heterocycles. The number of halogens is 1. The summed E-state index contributed by atoms with van der Waals surface area (Å²) in [6, 6.07) is 0. The van der Waals surface area contributed by atoms with Gasteiger partial charge in [0, 0.05) is 17.4 Å². The highest BCUT2D eigenvalue weighted by atomic mass is 35.5. The Morgan fingerprint density at radius 1 is 1.30 bits per heavy atom. The van der Waals surface area contributed by atoms with E-state index in [0.29, 0.717) is 12.8 Å². The molecule has 5 heteroatoms. The van der Waals surface area contributed by atoms with Crippen molar-refractivity contribution in [1.29, 1.82) is 0 Å². The molecule has 5 atom stereocenters. The van der Waals surface area contributed by atoms with Crippen molar-refractivity contribution in [2.45, 2.75) is 76.9 Å². The second kappa shape index (κ2) is 11.7. The van der Waals surface area contributed by atoms with Crippen LogP contribution in [0.1, 0.15) is 59.3 Å². The number of aliphatic hydroxyl groups excluding tert-OH is 2. The number of carboxylic acid groups (broad SMARTS) is 1. The number of allylic oxidation sites excluding steroid dienone is 3. The Labute approximate surface area is 168 Å². The molecule has 0 bridgehead atoms. The molecule has 0 saturated heterocycles. The minimum absolute atomic E-state index is 0.0802. The van der Waals surface area contributed by atoms with Gasteiger partial charge in [0.05, 0.1) is 12.2 Å². The third kappa shape index (κ3) is 8.20. The molecule has 0 spiro atoms. The van der Waals surface area contributed by atoms with Crippen LogP contribution in [0.2, 0.25) is 0 Å². The Hall–Kier alpha value is -1.10. The molecule has 0 aromatic rings. The molecule has 4 nitrogen and oxygen atoms in total. The maximum absolute atomic E-state index is 10.5. The van der Waals surface area contributed by atoms with E-state index in [-0.39, 0.29) is 22.6 Å². The highest BCUT2D eigenvalue weighted by Crippen LogP contribution is 2.40. The predicted molar refractivity (Wildman–Crippen MR) is 111 cm³/mol. The van der Waals surface area contributed by atoms with Gasteiger partial charge in [0.15, 0.2) is 0 Å². The molecular formula is C22H35ClO4. The zero-order valence-electron chi connectivity index (χ0n) is 16.7. The Kier molecular flexibility index (Phi) is 10.4. The molecule has 154 valence electrons. The van der Waals surface area contributed by atoms with Gasteiger partial charge >= 0.3 is 5.97 Å². The summed E-state index contributed by atoms with van der Waals surface area (Å²) < 4.78 is 0. The molecule has 0 heterocycles. The van der Waals surface area contributed by atoms with Gasteiger partial charge in [-0.25, -0.2) is 4.79 Å². The van der Waals surface area contributed by atoms with Crippen LogP contribution in [0, 0.1) is 17.3 Å². The van der Waals surface area contributed by atoms with Crippen LogP contribution < -0.4 is 0 Å². The molecule has 3 N–H and O–H groups in total. The van der Waals surface area contributed by atoms with E-state index in [1.807, 2.05) is 24.3 Å².